The standard InChI is InChI=1S/C18H18INS/c1-3-20-18(14-10-16(19)21-11-14)17-12(2)8-9-13-6-4-5-7-15(13)17/h4-11,18,20H,3H2,1-2H3. The summed E-state index contributed by atoms with van der Waals surface area (Å²) >= 11 is 4.21. The summed E-state index contributed by atoms with van der Waals surface area (Å²) in [5.41, 5.74) is 4.12. The van der Waals surface area contributed by atoms with Gasteiger partial charge in [-0.1, -0.05) is 43.3 Å². The average molecular weight is 407 g/mol. The van der Waals surface area contributed by atoms with Gasteiger partial charge in [0.25, 0.3) is 0 Å². The molecular formula is C18H18INS. The van der Waals surface area contributed by atoms with E-state index in [1.807, 2.05) is 11.3 Å². The van der Waals surface area contributed by atoms with E-state index >= 15 is 0 Å². The molecule has 108 valence electrons. The van der Waals surface area contributed by atoms with Gasteiger partial charge in [0, 0.05) is 0 Å². The number of aryl methyl sites for hydroxylation is 1. The molecule has 0 aliphatic rings. The number of benzene rings is 2. The third-order valence-corrected chi connectivity index (χ3v) is 5.61. The summed E-state index contributed by atoms with van der Waals surface area (Å²) in [5, 5.41) is 8.60. The van der Waals surface area contributed by atoms with Crippen LogP contribution in [0.4, 0.5) is 0 Å². The second kappa shape index (κ2) is 6.46. The zero-order valence-corrected chi connectivity index (χ0v) is 15.2. The number of rotatable bonds is 4. The van der Waals surface area contributed by atoms with Gasteiger partial charge in [-0.15, -0.1) is 11.3 Å². The van der Waals surface area contributed by atoms with Crippen molar-refractivity contribution in [1.29, 1.82) is 0 Å². The Hall–Kier alpha value is -0.910. The van der Waals surface area contributed by atoms with Crippen molar-refractivity contribution in [2.45, 2.75) is 19.9 Å². The highest BCUT2D eigenvalue weighted by Gasteiger charge is 2.19. The zero-order valence-electron chi connectivity index (χ0n) is 12.2. The van der Waals surface area contributed by atoms with Crippen LogP contribution in [0.5, 0.6) is 0 Å². The van der Waals surface area contributed by atoms with Gasteiger partial charge in [-0.3, -0.25) is 0 Å². The lowest BCUT2D eigenvalue weighted by Crippen LogP contribution is -2.22. The van der Waals surface area contributed by atoms with Crippen molar-refractivity contribution in [3.63, 3.8) is 0 Å². The minimum Gasteiger partial charge on any atom is -0.306 e. The lowest BCUT2D eigenvalue weighted by Gasteiger charge is -2.22. The monoisotopic (exact) mass is 407 g/mol. The molecule has 0 spiro atoms. The predicted molar refractivity (Wildman–Crippen MR) is 101 cm³/mol. The number of fused-ring (bicyclic) bond motifs is 1. The van der Waals surface area contributed by atoms with Crippen molar-refractivity contribution in [3.05, 3.63) is 67.4 Å². The minimum atomic E-state index is 0.265. The van der Waals surface area contributed by atoms with Crippen LogP contribution in [0.25, 0.3) is 10.8 Å². The molecule has 2 aromatic carbocycles. The van der Waals surface area contributed by atoms with E-state index in [0.717, 1.165) is 6.54 Å². The molecule has 1 nitrogen and oxygen atoms in total. The van der Waals surface area contributed by atoms with Gasteiger partial charge in [0.2, 0.25) is 0 Å². The van der Waals surface area contributed by atoms with Crippen LogP contribution < -0.4 is 5.32 Å². The largest absolute Gasteiger partial charge is 0.306 e. The van der Waals surface area contributed by atoms with Gasteiger partial charge in [-0.05, 0) is 75.0 Å². The highest BCUT2D eigenvalue weighted by atomic mass is 127. The van der Waals surface area contributed by atoms with E-state index in [1.165, 1.54) is 30.3 Å². The topological polar surface area (TPSA) is 12.0 Å². The van der Waals surface area contributed by atoms with Crippen LogP contribution in [-0.2, 0) is 0 Å². The van der Waals surface area contributed by atoms with Gasteiger partial charge in [0.15, 0.2) is 0 Å². The van der Waals surface area contributed by atoms with Crippen molar-refractivity contribution < 1.29 is 0 Å². The van der Waals surface area contributed by atoms with E-state index < -0.39 is 0 Å². The third kappa shape index (κ3) is 3.00. The van der Waals surface area contributed by atoms with Crippen LogP contribution in [0.15, 0.2) is 47.8 Å². The van der Waals surface area contributed by atoms with Crippen LogP contribution in [0.1, 0.15) is 29.7 Å². The molecule has 21 heavy (non-hydrogen) atoms. The van der Waals surface area contributed by atoms with Gasteiger partial charge < -0.3 is 5.32 Å². The van der Waals surface area contributed by atoms with Gasteiger partial charge in [0.05, 0.1) is 8.93 Å². The second-order valence-electron chi connectivity index (χ2n) is 5.19. The molecule has 3 heteroatoms. The summed E-state index contributed by atoms with van der Waals surface area (Å²) < 4.78 is 1.34. The molecule has 0 aliphatic carbocycles. The number of hydrogen-bond donors (Lipinski definition) is 1. The third-order valence-electron chi connectivity index (χ3n) is 3.81. The number of hydrogen-bond acceptors (Lipinski definition) is 2. The Morgan fingerprint density at radius 2 is 2.00 bits per heavy atom. The summed E-state index contributed by atoms with van der Waals surface area (Å²) in [6.07, 6.45) is 0. The minimum absolute atomic E-state index is 0.265. The Kier molecular flexibility index (Phi) is 4.62. The van der Waals surface area contributed by atoms with Crippen molar-refractivity contribution in [2.75, 3.05) is 6.54 Å². The molecule has 0 saturated heterocycles. The molecule has 1 atom stereocenters. The Labute approximate surface area is 143 Å². The van der Waals surface area contributed by atoms with Gasteiger partial charge in [-0.25, -0.2) is 0 Å². The summed E-state index contributed by atoms with van der Waals surface area (Å²) in [6.45, 7) is 5.34. The maximum Gasteiger partial charge on any atom is 0.0656 e. The van der Waals surface area contributed by atoms with Crippen LogP contribution in [0.2, 0.25) is 0 Å². The Balaban J connectivity index is 2.21. The molecule has 0 fully saturated rings. The first kappa shape index (κ1) is 15.0. The predicted octanol–water partition coefficient (Wildman–Crippen LogP) is 5.51. The molecular weight excluding hydrogens is 389 g/mol. The maximum absolute atomic E-state index is 3.66. The van der Waals surface area contributed by atoms with Gasteiger partial charge >= 0.3 is 0 Å². The first-order chi connectivity index (χ1) is 10.2. The molecule has 3 rings (SSSR count). The van der Waals surface area contributed by atoms with Gasteiger partial charge in [0.1, 0.15) is 0 Å². The van der Waals surface area contributed by atoms with Crippen molar-refractivity contribution in [3.8, 4) is 0 Å². The highest BCUT2D eigenvalue weighted by Crippen LogP contribution is 2.34. The molecule has 0 saturated carbocycles. The number of thiophene rings is 1. The van der Waals surface area contributed by atoms with Crippen LogP contribution >= 0.6 is 33.9 Å². The number of halogens is 1. The Morgan fingerprint density at radius 3 is 2.71 bits per heavy atom. The molecule has 1 unspecified atom stereocenters. The summed E-state index contributed by atoms with van der Waals surface area (Å²) in [6, 6.07) is 15.7. The van der Waals surface area contributed by atoms with E-state index in [-0.39, 0.29) is 6.04 Å². The van der Waals surface area contributed by atoms with Crippen molar-refractivity contribution in [2.24, 2.45) is 0 Å². The zero-order chi connectivity index (χ0) is 14.8. The summed E-state index contributed by atoms with van der Waals surface area (Å²) in [4.78, 5) is 0. The van der Waals surface area contributed by atoms with E-state index in [4.69, 9.17) is 0 Å². The van der Waals surface area contributed by atoms with Crippen LogP contribution in [0, 0.1) is 9.81 Å². The lowest BCUT2D eigenvalue weighted by molar-refractivity contribution is 0.633. The molecule has 0 aliphatic heterocycles. The van der Waals surface area contributed by atoms with E-state index in [1.54, 1.807) is 0 Å². The lowest BCUT2D eigenvalue weighted by atomic mass is 9.91. The molecule has 1 N–H and O–H groups in total. The summed E-state index contributed by atoms with van der Waals surface area (Å²) in [7, 11) is 0. The summed E-state index contributed by atoms with van der Waals surface area (Å²) in [5.74, 6) is 0. The van der Waals surface area contributed by atoms with Gasteiger partial charge in [-0.2, -0.15) is 0 Å². The van der Waals surface area contributed by atoms with E-state index in [2.05, 4.69) is 89.6 Å². The molecule has 1 heterocycles. The molecule has 0 radical (unpaired) electrons. The maximum atomic E-state index is 3.66. The van der Waals surface area contributed by atoms with E-state index in [9.17, 15) is 0 Å². The quantitative estimate of drug-likeness (QED) is 0.562. The van der Waals surface area contributed by atoms with Crippen LogP contribution in [0.3, 0.4) is 0 Å². The fraction of sp³-hybridized carbons (Fsp3) is 0.222. The van der Waals surface area contributed by atoms with Crippen molar-refractivity contribution >= 4 is 44.7 Å². The normalized spacial score (nSPS) is 12.7. The fourth-order valence-corrected chi connectivity index (χ4v) is 4.25. The first-order valence-corrected chi connectivity index (χ1v) is 9.12. The first-order valence-electron chi connectivity index (χ1n) is 7.16. The molecule has 3 aromatic rings. The SMILES string of the molecule is CCNC(c1csc(I)c1)c1c(C)ccc2ccccc12. The molecule has 1 aromatic heterocycles. The van der Waals surface area contributed by atoms with E-state index in [0.29, 0.717) is 0 Å². The highest BCUT2D eigenvalue weighted by molar-refractivity contribution is 14.1. The van der Waals surface area contributed by atoms with Crippen LogP contribution in [-0.4, -0.2) is 6.54 Å². The fourth-order valence-electron chi connectivity index (χ4n) is 2.85. The average Bonchev–Trinajstić information content (AvgIpc) is 2.92. The van der Waals surface area contributed by atoms with Crippen molar-refractivity contribution in [1.82, 2.24) is 5.32 Å². The second-order valence-corrected chi connectivity index (χ2v) is 8.00. The smallest absolute Gasteiger partial charge is 0.0656 e. The molecule has 0 bridgehead atoms. The number of nitrogens with one attached hydrogen (secondary N) is 1. The molecule has 0 amide bonds. The Morgan fingerprint density at radius 1 is 1.19 bits per heavy atom. The Bertz CT molecular complexity index is 763.